The number of carbonyl (C=O) groups excluding carboxylic acids is 2. The van der Waals surface area contributed by atoms with Gasteiger partial charge < -0.3 is 20.5 Å². The van der Waals surface area contributed by atoms with Gasteiger partial charge in [-0.2, -0.15) is 8.42 Å². The van der Waals surface area contributed by atoms with E-state index in [0.29, 0.717) is 6.42 Å². The minimum absolute atomic E-state index is 0.0497. The highest BCUT2D eigenvalue weighted by Crippen LogP contribution is 2.44. The zero-order chi connectivity index (χ0) is 35.1. The van der Waals surface area contributed by atoms with Gasteiger partial charge in [-0.25, -0.2) is 9.59 Å². The van der Waals surface area contributed by atoms with Gasteiger partial charge in [0.2, 0.25) is 5.91 Å². The highest BCUT2D eigenvalue weighted by Gasteiger charge is 2.29. The second-order valence-corrected chi connectivity index (χ2v) is 14.8. The van der Waals surface area contributed by atoms with Crippen molar-refractivity contribution >= 4 is 39.8 Å². The molecular weight excluding hydrogens is 665 g/mol. The lowest BCUT2D eigenvalue weighted by molar-refractivity contribution is -0.142. The van der Waals surface area contributed by atoms with Crippen molar-refractivity contribution in [1.29, 1.82) is 0 Å². The van der Waals surface area contributed by atoms with Crippen LogP contribution in [0.15, 0.2) is 82.6 Å². The molecule has 3 aromatic carbocycles. The Balaban J connectivity index is 0.998. The molecule has 0 aliphatic heterocycles. The molecule has 12 heteroatoms. The fraction of sp³-hybridized carbons (Fsp3) is 0.432. The number of unbranched alkanes of at least 4 members (excludes halogenated alkanes) is 8. The molecular formula is C37H46N2O8S2. The number of fused-ring (bicyclic) bond motifs is 3. The average Bonchev–Trinajstić information content (AvgIpc) is 3.40. The van der Waals surface area contributed by atoms with E-state index in [1.807, 2.05) is 36.4 Å². The summed E-state index contributed by atoms with van der Waals surface area (Å²) in [5.74, 6) is -0.565. The van der Waals surface area contributed by atoms with Gasteiger partial charge in [0.05, 0.1) is 4.90 Å². The van der Waals surface area contributed by atoms with Crippen LogP contribution in [0.25, 0.3) is 11.1 Å². The normalized spacial score (nSPS) is 12.9. The van der Waals surface area contributed by atoms with Crippen LogP contribution in [0.4, 0.5) is 4.79 Å². The van der Waals surface area contributed by atoms with Crippen molar-refractivity contribution in [3.63, 3.8) is 0 Å². The number of carboxylic acids is 1. The van der Waals surface area contributed by atoms with Crippen molar-refractivity contribution in [2.45, 2.75) is 92.4 Å². The third kappa shape index (κ3) is 12.2. The Kier molecular flexibility index (Phi) is 15.0. The minimum Gasteiger partial charge on any atom is -0.480 e. The summed E-state index contributed by atoms with van der Waals surface area (Å²) >= 11 is 1.67. The van der Waals surface area contributed by atoms with Crippen molar-refractivity contribution in [2.75, 3.05) is 18.9 Å². The second-order valence-electron chi connectivity index (χ2n) is 12.2. The molecule has 3 aromatic rings. The quantitative estimate of drug-likeness (QED) is 0.0501. The molecule has 1 aliphatic rings. The number of amides is 2. The summed E-state index contributed by atoms with van der Waals surface area (Å²) in [6.45, 7) is 0.224. The second kappa shape index (κ2) is 19.4. The van der Waals surface area contributed by atoms with Gasteiger partial charge in [0.25, 0.3) is 10.1 Å². The van der Waals surface area contributed by atoms with Crippen molar-refractivity contribution in [3.8, 4) is 11.1 Å². The third-order valence-corrected chi connectivity index (χ3v) is 10.6. The van der Waals surface area contributed by atoms with Crippen LogP contribution in [0.2, 0.25) is 0 Å². The summed E-state index contributed by atoms with van der Waals surface area (Å²) in [5, 5.41) is 14.8. The van der Waals surface area contributed by atoms with Gasteiger partial charge in [-0.1, -0.05) is 93.5 Å². The van der Waals surface area contributed by atoms with Crippen molar-refractivity contribution < 1.29 is 37.2 Å². The van der Waals surface area contributed by atoms with Crippen LogP contribution in [0.5, 0.6) is 0 Å². The molecule has 4 N–H and O–H groups in total. The number of carboxylic acid groups (broad SMARTS) is 1. The molecule has 0 bridgehead atoms. The highest BCUT2D eigenvalue weighted by molar-refractivity contribution is 7.99. The number of alkyl carbamates (subject to hydrolysis) is 1. The Bertz CT molecular complexity index is 1600. The van der Waals surface area contributed by atoms with Gasteiger partial charge in [0.1, 0.15) is 12.6 Å². The molecule has 0 radical (unpaired) electrons. The number of aliphatic carboxylic acids is 1. The van der Waals surface area contributed by atoms with E-state index in [0.717, 1.165) is 84.3 Å². The van der Waals surface area contributed by atoms with Gasteiger partial charge in [0, 0.05) is 23.8 Å². The van der Waals surface area contributed by atoms with Crippen LogP contribution >= 0.6 is 11.8 Å². The van der Waals surface area contributed by atoms with Gasteiger partial charge in [-0.05, 0) is 71.5 Å². The molecule has 0 heterocycles. The van der Waals surface area contributed by atoms with Crippen LogP contribution in [0.1, 0.15) is 87.7 Å². The minimum atomic E-state index is -4.16. The maximum atomic E-state index is 12.4. The molecule has 0 aromatic heterocycles. The molecule has 0 unspecified atom stereocenters. The number of thioether (sulfide) groups is 1. The summed E-state index contributed by atoms with van der Waals surface area (Å²) in [5.41, 5.74) is 4.49. The number of rotatable bonds is 21. The first-order valence-corrected chi connectivity index (χ1v) is 19.4. The van der Waals surface area contributed by atoms with Crippen LogP contribution in [0, 0.1) is 0 Å². The Hall–Kier alpha value is -3.87. The van der Waals surface area contributed by atoms with Crippen molar-refractivity contribution in [3.05, 3.63) is 83.9 Å². The van der Waals surface area contributed by atoms with Crippen LogP contribution in [-0.4, -0.2) is 61.0 Å². The van der Waals surface area contributed by atoms with Gasteiger partial charge in [-0.15, -0.1) is 11.8 Å². The number of carbonyl (C=O) groups is 3. The monoisotopic (exact) mass is 710 g/mol. The maximum absolute atomic E-state index is 12.4. The largest absolute Gasteiger partial charge is 0.480 e. The van der Waals surface area contributed by atoms with Crippen molar-refractivity contribution in [1.82, 2.24) is 10.6 Å². The van der Waals surface area contributed by atoms with E-state index in [1.54, 1.807) is 23.9 Å². The fourth-order valence-corrected chi connectivity index (χ4v) is 7.41. The van der Waals surface area contributed by atoms with Crippen LogP contribution in [-0.2, 0) is 24.4 Å². The number of ether oxygens (including phenoxy) is 1. The first-order valence-electron chi connectivity index (χ1n) is 16.9. The predicted octanol–water partition coefficient (Wildman–Crippen LogP) is 7.42. The smallest absolute Gasteiger partial charge is 0.407 e. The average molecular weight is 711 g/mol. The van der Waals surface area contributed by atoms with Gasteiger partial charge >= 0.3 is 12.1 Å². The summed E-state index contributed by atoms with van der Waals surface area (Å²) in [4.78, 5) is 37.4. The number of hydrogen-bond donors (Lipinski definition) is 4. The lowest BCUT2D eigenvalue weighted by Crippen LogP contribution is -2.43. The van der Waals surface area contributed by atoms with E-state index >= 15 is 0 Å². The lowest BCUT2D eigenvalue weighted by atomic mass is 9.98. The van der Waals surface area contributed by atoms with Crippen LogP contribution in [0.3, 0.4) is 0 Å². The molecule has 2 amide bonds. The first-order chi connectivity index (χ1) is 23.6. The molecule has 0 saturated carbocycles. The fourth-order valence-electron chi connectivity index (χ4n) is 6.01. The van der Waals surface area contributed by atoms with E-state index in [-0.39, 0.29) is 42.7 Å². The molecule has 10 nitrogen and oxygen atoms in total. The Morgan fingerprint density at radius 3 is 1.90 bits per heavy atom. The summed E-state index contributed by atoms with van der Waals surface area (Å²) in [6, 6.07) is 21.3. The van der Waals surface area contributed by atoms with Gasteiger partial charge in [-0.3, -0.25) is 9.35 Å². The molecule has 0 saturated heterocycles. The SMILES string of the molecule is O=C(CCCCCCCCCCCSc1ccc(S(=O)(=O)O)cc1)N[C@@H](CCNC(=O)OCC1c2ccccc2-c2ccccc21)C(=O)O. The summed E-state index contributed by atoms with van der Waals surface area (Å²) in [7, 11) is -4.16. The van der Waals surface area contributed by atoms with E-state index in [1.165, 1.54) is 12.1 Å². The summed E-state index contributed by atoms with van der Waals surface area (Å²) < 4.78 is 36.8. The molecule has 49 heavy (non-hydrogen) atoms. The number of nitrogens with one attached hydrogen (secondary N) is 2. The Morgan fingerprint density at radius 2 is 1.33 bits per heavy atom. The number of hydrogen-bond acceptors (Lipinski definition) is 7. The Morgan fingerprint density at radius 1 is 0.776 bits per heavy atom. The zero-order valence-corrected chi connectivity index (χ0v) is 29.3. The van der Waals surface area contributed by atoms with E-state index < -0.39 is 28.2 Å². The lowest BCUT2D eigenvalue weighted by Gasteiger charge is -2.16. The zero-order valence-electron chi connectivity index (χ0n) is 27.6. The highest BCUT2D eigenvalue weighted by atomic mass is 32.2. The molecule has 264 valence electrons. The topological polar surface area (TPSA) is 159 Å². The molecule has 0 fully saturated rings. The van der Waals surface area contributed by atoms with Crippen LogP contribution < -0.4 is 10.6 Å². The van der Waals surface area contributed by atoms with E-state index in [9.17, 15) is 27.9 Å². The van der Waals surface area contributed by atoms with E-state index in [2.05, 4.69) is 22.8 Å². The maximum Gasteiger partial charge on any atom is 0.407 e. The first kappa shape index (κ1) is 37.9. The van der Waals surface area contributed by atoms with Gasteiger partial charge in [0.15, 0.2) is 0 Å². The number of benzene rings is 3. The third-order valence-electron chi connectivity index (χ3n) is 8.62. The molecule has 0 spiro atoms. The molecule has 1 atom stereocenters. The van der Waals surface area contributed by atoms with Crippen molar-refractivity contribution in [2.24, 2.45) is 0 Å². The predicted molar refractivity (Wildman–Crippen MR) is 190 cm³/mol. The molecule has 1 aliphatic carbocycles. The summed E-state index contributed by atoms with van der Waals surface area (Å²) in [6.07, 6.45) is 9.04. The molecule has 4 rings (SSSR count). The van der Waals surface area contributed by atoms with E-state index in [4.69, 9.17) is 9.29 Å². The Labute approximate surface area is 293 Å². The standard InChI is InChI=1S/C37H46N2O8S2/c40-35(18-8-6-4-2-1-3-5-7-13-25-48-27-19-21-28(22-20-27)49(44,45)46)39-34(36(41)42)23-24-38-37(43)47-26-33-31-16-11-9-14-29(31)30-15-10-12-17-32(30)33/h9-12,14-17,19-22,33-34H,1-8,13,18,23-26H2,(H,38,43)(H,39,40)(H,41,42)(H,44,45,46)/t34-/m0/s1.